The molecule has 0 aromatic heterocycles. The number of halogens is 1. The Morgan fingerprint density at radius 1 is 1.05 bits per heavy atom. The lowest BCUT2D eigenvalue weighted by molar-refractivity contribution is 0.372. The van der Waals surface area contributed by atoms with E-state index in [2.05, 4.69) is 17.3 Å². The molecule has 2 aromatic carbocycles. The maximum absolute atomic E-state index is 11.9. The monoisotopic (exact) mass is 305 g/mol. The lowest BCUT2D eigenvalue weighted by atomic mass is 10.1. The van der Waals surface area contributed by atoms with Gasteiger partial charge in [0.05, 0.1) is 10.6 Å². The predicted octanol–water partition coefficient (Wildman–Crippen LogP) is 3.53. The van der Waals surface area contributed by atoms with Gasteiger partial charge in [-0.05, 0) is 29.3 Å². The van der Waals surface area contributed by atoms with Gasteiger partial charge in [0.1, 0.15) is 0 Å². The van der Waals surface area contributed by atoms with Crippen LogP contribution >= 0.6 is 11.6 Å². The van der Waals surface area contributed by atoms with E-state index in [0.717, 1.165) is 18.6 Å². The molecule has 0 radical (unpaired) electrons. The molecule has 1 aliphatic rings. The van der Waals surface area contributed by atoms with Gasteiger partial charge in [-0.25, -0.2) is 4.21 Å². The molecule has 3 nitrogen and oxygen atoms in total. The molecule has 102 valence electrons. The number of oxime groups is 1. The van der Waals surface area contributed by atoms with Crippen LogP contribution in [-0.4, -0.2) is 9.92 Å². The van der Waals surface area contributed by atoms with E-state index in [1.807, 2.05) is 12.1 Å². The number of hydrogen-bond donors (Lipinski definition) is 0. The molecule has 5 heteroatoms. The molecule has 1 aliphatic carbocycles. The maximum Gasteiger partial charge on any atom is 0.265 e. The summed E-state index contributed by atoms with van der Waals surface area (Å²) in [6.07, 6.45) is 1.51. The fraction of sp³-hybridized carbons (Fsp3) is 0.133. The molecule has 0 heterocycles. The van der Waals surface area contributed by atoms with Gasteiger partial charge >= 0.3 is 0 Å². The molecule has 3 rings (SSSR count). The third-order valence-electron chi connectivity index (χ3n) is 3.13. The van der Waals surface area contributed by atoms with Gasteiger partial charge in [-0.2, -0.15) is 0 Å². The molecule has 0 N–H and O–H groups in total. The largest absolute Gasteiger partial charge is 0.287 e. The smallest absolute Gasteiger partial charge is 0.265 e. The van der Waals surface area contributed by atoms with Crippen LogP contribution in [0, 0.1) is 0 Å². The van der Waals surface area contributed by atoms with Gasteiger partial charge in [-0.1, -0.05) is 47.1 Å². The summed E-state index contributed by atoms with van der Waals surface area (Å²) in [6.45, 7) is 0. The molecule has 0 spiro atoms. The van der Waals surface area contributed by atoms with Gasteiger partial charge in [0, 0.05) is 17.9 Å². The van der Waals surface area contributed by atoms with E-state index < -0.39 is 11.1 Å². The first-order chi connectivity index (χ1) is 9.72. The number of fused-ring (bicyclic) bond motifs is 1. The topological polar surface area (TPSA) is 38.7 Å². The minimum absolute atomic E-state index is 0.511. The summed E-state index contributed by atoms with van der Waals surface area (Å²) in [5.74, 6) is 0. The Bertz CT molecular complexity index is 673. The molecular weight excluding hydrogens is 294 g/mol. The second-order valence-electron chi connectivity index (χ2n) is 4.55. The summed E-state index contributed by atoms with van der Waals surface area (Å²) in [5.41, 5.74) is 3.40. The van der Waals surface area contributed by atoms with Crippen molar-refractivity contribution >= 4 is 28.4 Å². The van der Waals surface area contributed by atoms with E-state index in [0.29, 0.717) is 9.92 Å². The van der Waals surface area contributed by atoms with Gasteiger partial charge in [-0.15, -0.1) is 0 Å². The second-order valence-corrected chi connectivity index (χ2v) is 6.07. The van der Waals surface area contributed by atoms with Crippen LogP contribution in [0.4, 0.5) is 0 Å². The summed E-state index contributed by atoms with van der Waals surface area (Å²) in [5, 5.41) is 4.55. The highest BCUT2D eigenvalue weighted by atomic mass is 35.5. The Balaban J connectivity index is 1.69. The van der Waals surface area contributed by atoms with Gasteiger partial charge in [-0.3, -0.25) is 4.28 Å². The molecule has 0 bridgehead atoms. The van der Waals surface area contributed by atoms with Crippen molar-refractivity contribution in [2.24, 2.45) is 5.16 Å². The van der Waals surface area contributed by atoms with Crippen LogP contribution in [0.15, 0.2) is 58.6 Å². The lowest BCUT2D eigenvalue weighted by Gasteiger charge is -2.00. The third kappa shape index (κ3) is 2.92. The van der Waals surface area contributed by atoms with Crippen molar-refractivity contribution in [1.29, 1.82) is 0 Å². The first kappa shape index (κ1) is 13.3. The summed E-state index contributed by atoms with van der Waals surface area (Å²) < 4.78 is 17.0. The zero-order chi connectivity index (χ0) is 13.9. The average Bonchev–Trinajstić information content (AvgIpc) is 2.87. The Morgan fingerprint density at radius 3 is 2.40 bits per heavy atom. The van der Waals surface area contributed by atoms with Gasteiger partial charge in [0.25, 0.3) is 11.1 Å². The minimum atomic E-state index is -1.63. The SMILES string of the molecule is O=S(ON=C1Cc2ccccc2C1)c1cccc(Cl)c1. The molecular formula is C15H12ClNO2S. The van der Waals surface area contributed by atoms with E-state index >= 15 is 0 Å². The number of hydrogen-bond acceptors (Lipinski definition) is 3. The zero-order valence-electron chi connectivity index (χ0n) is 10.6. The van der Waals surface area contributed by atoms with Crippen molar-refractivity contribution in [2.45, 2.75) is 17.7 Å². The molecule has 0 fully saturated rings. The van der Waals surface area contributed by atoms with Crippen LogP contribution in [0.1, 0.15) is 11.1 Å². The predicted molar refractivity (Wildman–Crippen MR) is 80.2 cm³/mol. The van der Waals surface area contributed by atoms with E-state index in [1.54, 1.807) is 24.3 Å². The summed E-state index contributed by atoms with van der Waals surface area (Å²) in [4.78, 5) is 0.511. The van der Waals surface area contributed by atoms with Crippen LogP contribution < -0.4 is 0 Å². The Labute approximate surface area is 124 Å². The highest BCUT2D eigenvalue weighted by Crippen LogP contribution is 2.20. The quantitative estimate of drug-likeness (QED) is 0.814. The van der Waals surface area contributed by atoms with Crippen LogP contribution in [0.2, 0.25) is 5.02 Å². The first-order valence-corrected chi connectivity index (χ1v) is 7.65. The summed E-state index contributed by atoms with van der Waals surface area (Å²) in [6, 6.07) is 14.9. The highest BCUT2D eigenvalue weighted by Gasteiger charge is 2.17. The number of rotatable bonds is 3. The van der Waals surface area contributed by atoms with Crippen LogP contribution in [0.3, 0.4) is 0 Å². The van der Waals surface area contributed by atoms with Crippen molar-refractivity contribution in [2.75, 3.05) is 0 Å². The van der Waals surface area contributed by atoms with Gasteiger partial charge < -0.3 is 0 Å². The van der Waals surface area contributed by atoms with Crippen LogP contribution in [0.25, 0.3) is 0 Å². The highest BCUT2D eigenvalue weighted by molar-refractivity contribution is 7.80. The van der Waals surface area contributed by atoms with E-state index in [4.69, 9.17) is 15.9 Å². The number of nitrogens with zero attached hydrogens (tertiary/aromatic N) is 1. The average molecular weight is 306 g/mol. The van der Waals surface area contributed by atoms with Gasteiger partial charge in [0.2, 0.25) is 0 Å². The molecule has 2 aromatic rings. The molecule has 1 atom stereocenters. The lowest BCUT2D eigenvalue weighted by Crippen LogP contribution is -2.00. The van der Waals surface area contributed by atoms with Crippen molar-refractivity contribution in [1.82, 2.24) is 0 Å². The van der Waals surface area contributed by atoms with Crippen molar-refractivity contribution in [3.05, 3.63) is 64.7 Å². The second kappa shape index (κ2) is 5.77. The van der Waals surface area contributed by atoms with E-state index in [-0.39, 0.29) is 0 Å². The van der Waals surface area contributed by atoms with E-state index in [1.165, 1.54) is 11.1 Å². The molecule has 0 amide bonds. The Hall–Kier alpha value is -1.65. The Kier molecular flexibility index (Phi) is 3.85. The third-order valence-corrected chi connectivity index (χ3v) is 4.21. The molecule has 1 unspecified atom stereocenters. The molecule has 0 aliphatic heterocycles. The van der Waals surface area contributed by atoms with E-state index in [9.17, 15) is 4.21 Å². The summed E-state index contributed by atoms with van der Waals surface area (Å²) >= 11 is 4.22. The van der Waals surface area contributed by atoms with Crippen LogP contribution in [-0.2, 0) is 28.2 Å². The van der Waals surface area contributed by atoms with Crippen LogP contribution in [0.5, 0.6) is 0 Å². The maximum atomic E-state index is 11.9. The van der Waals surface area contributed by atoms with Gasteiger partial charge in [0.15, 0.2) is 0 Å². The van der Waals surface area contributed by atoms with Crippen molar-refractivity contribution in [3.63, 3.8) is 0 Å². The van der Waals surface area contributed by atoms with Crippen molar-refractivity contribution in [3.8, 4) is 0 Å². The zero-order valence-corrected chi connectivity index (χ0v) is 12.2. The first-order valence-electron chi connectivity index (χ1n) is 6.20. The standard InChI is InChI=1S/C15H12ClNO2S/c16-13-6-3-7-15(10-13)20(18)19-17-14-8-11-4-1-2-5-12(11)9-14/h1-7,10H,8-9H2. The fourth-order valence-electron chi connectivity index (χ4n) is 2.17. The number of benzene rings is 2. The molecule has 0 saturated heterocycles. The summed E-state index contributed by atoms with van der Waals surface area (Å²) in [7, 11) is 0. The van der Waals surface area contributed by atoms with Crippen molar-refractivity contribution < 1.29 is 8.49 Å². The normalized spacial score (nSPS) is 14.8. The minimum Gasteiger partial charge on any atom is -0.287 e. The molecule has 20 heavy (non-hydrogen) atoms. The fourth-order valence-corrected chi connectivity index (χ4v) is 3.10. The Morgan fingerprint density at radius 2 is 1.75 bits per heavy atom. The molecule has 0 saturated carbocycles.